The highest BCUT2D eigenvalue weighted by molar-refractivity contribution is 6.32. The molecule has 0 aliphatic carbocycles. The molecule has 104 valence electrons. The molecule has 0 aliphatic rings. The summed E-state index contributed by atoms with van der Waals surface area (Å²) in [6.45, 7) is 0. The lowest BCUT2D eigenvalue weighted by molar-refractivity contribution is 0.0697. The van der Waals surface area contributed by atoms with Gasteiger partial charge < -0.3 is 14.6 Å². The van der Waals surface area contributed by atoms with E-state index in [0.29, 0.717) is 22.1 Å². The first-order chi connectivity index (χ1) is 9.56. The molecule has 2 aromatic carbocycles. The van der Waals surface area contributed by atoms with Crippen molar-refractivity contribution in [2.24, 2.45) is 0 Å². The van der Waals surface area contributed by atoms with E-state index in [2.05, 4.69) is 0 Å². The summed E-state index contributed by atoms with van der Waals surface area (Å²) >= 11 is 5.99. The first-order valence-electron chi connectivity index (χ1n) is 5.82. The first kappa shape index (κ1) is 14.2. The summed E-state index contributed by atoms with van der Waals surface area (Å²) < 4.78 is 10.4. The van der Waals surface area contributed by atoms with Crippen molar-refractivity contribution in [3.05, 3.63) is 47.0 Å². The zero-order valence-corrected chi connectivity index (χ0v) is 11.8. The van der Waals surface area contributed by atoms with Crippen molar-refractivity contribution in [3.8, 4) is 22.6 Å². The number of ether oxygens (including phenoxy) is 2. The smallest absolute Gasteiger partial charge is 0.335 e. The van der Waals surface area contributed by atoms with Crippen LogP contribution in [0, 0.1) is 0 Å². The normalized spacial score (nSPS) is 10.2. The number of halogens is 1. The van der Waals surface area contributed by atoms with Gasteiger partial charge in [-0.15, -0.1) is 0 Å². The van der Waals surface area contributed by atoms with Crippen molar-refractivity contribution >= 4 is 17.6 Å². The Morgan fingerprint density at radius 3 is 2.35 bits per heavy atom. The molecule has 0 radical (unpaired) electrons. The molecule has 0 atom stereocenters. The SMILES string of the molecule is COc1cc(-c2cc(C(=O)O)ccc2OC)ccc1Cl. The number of carbonyl (C=O) groups is 1. The van der Waals surface area contributed by atoms with E-state index in [1.165, 1.54) is 20.3 Å². The Morgan fingerprint density at radius 2 is 1.75 bits per heavy atom. The molecule has 0 amide bonds. The van der Waals surface area contributed by atoms with Gasteiger partial charge in [0.05, 0.1) is 24.8 Å². The monoisotopic (exact) mass is 292 g/mol. The van der Waals surface area contributed by atoms with Crippen LogP contribution in [0.4, 0.5) is 0 Å². The van der Waals surface area contributed by atoms with Crippen molar-refractivity contribution in [1.29, 1.82) is 0 Å². The summed E-state index contributed by atoms with van der Waals surface area (Å²) in [6, 6.07) is 9.91. The molecule has 0 saturated heterocycles. The summed E-state index contributed by atoms with van der Waals surface area (Å²) in [5.41, 5.74) is 1.63. The van der Waals surface area contributed by atoms with Crippen LogP contribution in [0.5, 0.6) is 11.5 Å². The molecular formula is C15H13ClO4. The molecule has 5 heteroatoms. The summed E-state index contributed by atoms with van der Waals surface area (Å²) in [5.74, 6) is 0.112. The highest BCUT2D eigenvalue weighted by Gasteiger charge is 2.12. The molecule has 0 saturated carbocycles. The maximum atomic E-state index is 11.1. The zero-order valence-electron chi connectivity index (χ0n) is 11.0. The van der Waals surface area contributed by atoms with Gasteiger partial charge in [0.2, 0.25) is 0 Å². The van der Waals surface area contributed by atoms with E-state index < -0.39 is 5.97 Å². The fourth-order valence-electron chi connectivity index (χ4n) is 1.89. The van der Waals surface area contributed by atoms with Crippen LogP contribution in [0.1, 0.15) is 10.4 Å². The average Bonchev–Trinajstić information content (AvgIpc) is 2.47. The molecule has 0 unspecified atom stereocenters. The van der Waals surface area contributed by atoms with Gasteiger partial charge >= 0.3 is 5.97 Å². The summed E-state index contributed by atoms with van der Waals surface area (Å²) in [7, 11) is 3.06. The van der Waals surface area contributed by atoms with Gasteiger partial charge in [0, 0.05) is 5.56 Å². The van der Waals surface area contributed by atoms with Crippen molar-refractivity contribution < 1.29 is 19.4 Å². The van der Waals surface area contributed by atoms with Crippen LogP contribution in [-0.4, -0.2) is 25.3 Å². The standard InChI is InChI=1S/C15H13ClO4/c1-19-13-6-4-10(15(17)18)7-11(13)9-3-5-12(16)14(8-9)20-2/h3-8H,1-2H3,(H,17,18). The topological polar surface area (TPSA) is 55.8 Å². The average molecular weight is 293 g/mol. The lowest BCUT2D eigenvalue weighted by Crippen LogP contribution is -1.98. The molecule has 20 heavy (non-hydrogen) atoms. The second kappa shape index (κ2) is 5.84. The fraction of sp³-hybridized carbons (Fsp3) is 0.133. The van der Waals surface area contributed by atoms with Crippen molar-refractivity contribution in [2.75, 3.05) is 14.2 Å². The fourth-order valence-corrected chi connectivity index (χ4v) is 2.09. The molecule has 0 fully saturated rings. The highest BCUT2D eigenvalue weighted by atomic mass is 35.5. The second-order valence-corrected chi connectivity index (χ2v) is 4.48. The minimum absolute atomic E-state index is 0.190. The molecule has 0 aromatic heterocycles. The Balaban J connectivity index is 2.60. The number of rotatable bonds is 4. The van der Waals surface area contributed by atoms with Crippen LogP contribution in [0.3, 0.4) is 0 Å². The number of benzene rings is 2. The molecule has 0 bridgehead atoms. The van der Waals surface area contributed by atoms with Gasteiger partial charge in [-0.3, -0.25) is 0 Å². The third-order valence-corrected chi connectivity index (χ3v) is 3.22. The van der Waals surface area contributed by atoms with E-state index in [4.69, 9.17) is 26.2 Å². The summed E-state index contributed by atoms with van der Waals surface area (Å²) in [5, 5.41) is 9.57. The predicted molar refractivity (Wildman–Crippen MR) is 77.0 cm³/mol. The Kier molecular flexibility index (Phi) is 4.15. The minimum Gasteiger partial charge on any atom is -0.496 e. The van der Waals surface area contributed by atoms with Gasteiger partial charge in [0.1, 0.15) is 11.5 Å². The number of hydrogen-bond acceptors (Lipinski definition) is 3. The van der Waals surface area contributed by atoms with E-state index in [-0.39, 0.29) is 5.56 Å². The Hall–Kier alpha value is -2.20. The van der Waals surface area contributed by atoms with Gasteiger partial charge in [-0.1, -0.05) is 17.7 Å². The predicted octanol–water partition coefficient (Wildman–Crippen LogP) is 3.72. The van der Waals surface area contributed by atoms with Crippen LogP contribution in [0.15, 0.2) is 36.4 Å². The van der Waals surface area contributed by atoms with Gasteiger partial charge in [0.15, 0.2) is 0 Å². The Labute approximate surface area is 121 Å². The van der Waals surface area contributed by atoms with Crippen LogP contribution < -0.4 is 9.47 Å². The van der Waals surface area contributed by atoms with Crippen LogP contribution >= 0.6 is 11.6 Å². The number of hydrogen-bond donors (Lipinski definition) is 1. The molecule has 1 N–H and O–H groups in total. The van der Waals surface area contributed by atoms with Gasteiger partial charge in [-0.2, -0.15) is 0 Å². The maximum Gasteiger partial charge on any atom is 0.335 e. The zero-order chi connectivity index (χ0) is 14.7. The number of methoxy groups -OCH3 is 2. The largest absolute Gasteiger partial charge is 0.496 e. The molecule has 2 aromatic rings. The molecular weight excluding hydrogens is 280 g/mol. The second-order valence-electron chi connectivity index (χ2n) is 4.07. The van der Waals surface area contributed by atoms with Crippen LogP contribution in [0.25, 0.3) is 11.1 Å². The Morgan fingerprint density at radius 1 is 1.05 bits per heavy atom. The van der Waals surface area contributed by atoms with E-state index in [0.717, 1.165) is 5.56 Å². The van der Waals surface area contributed by atoms with Crippen molar-refractivity contribution in [1.82, 2.24) is 0 Å². The molecule has 0 heterocycles. The third kappa shape index (κ3) is 2.70. The van der Waals surface area contributed by atoms with Gasteiger partial charge in [-0.25, -0.2) is 4.79 Å². The van der Waals surface area contributed by atoms with E-state index in [1.807, 2.05) is 0 Å². The van der Waals surface area contributed by atoms with E-state index >= 15 is 0 Å². The molecule has 0 aliphatic heterocycles. The third-order valence-electron chi connectivity index (χ3n) is 2.91. The molecule has 4 nitrogen and oxygen atoms in total. The van der Waals surface area contributed by atoms with Gasteiger partial charge in [-0.05, 0) is 35.9 Å². The van der Waals surface area contributed by atoms with Crippen LogP contribution in [0.2, 0.25) is 5.02 Å². The van der Waals surface area contributed by atoms with Crippen molar-refractivity contribution in [2.45, 2.75) is 0 Å². The summed E-state index contributed by atoms with van der Waals surface area (Å²) in [6.07, 6.45) is 0. The van der Waals surface area contributed by atoms with E-state index in [1.54, 1.807) is 30.3 Å². The lowest BCUT2D eigenvalue weighted by Gasteiger charge is -2.11. The first-order valence-corrected chi connectivity index (χ1v) is 6.20. The quantitative estimate of drug-likeness (QED) is 0.933. The number of carboxylic acids is 1. The Bertz CT molecular complexity index is 652. The lowest BCUT2D eigenvalue weighted by atomic mass is 10.0. The molecule has 2 rings (SSSR count). The van der Waals surface area contributed by atoms with Crippen LogP contribution in [-0.2, 0) is 0 Å². The summed E-state index contributed by atoms with van der Waals surface area (Å²) in [4.78, 5) is 11.1. The maximum absolute atomic E-state index is 11.1. The minimum atomic E-state index is -0.991. The highest BCUT2D eigenvalue weighted by Crippen LogP contribution is 2.35. The number of aromatic carboxylic acids is 1. The molecule has 0 spiro atoms. The van der Waals surface area contributed by atoms with E-state index in [9.17, 15) is 4.79 Å². The van der Waals surface area contributed by atoms with Gasteiger partial charge in [0.25, 0.3) is 0 Å². The number of carboxylic acid groups (broad SMARTS) is 1. The van der Waals surface area contributed by atoms with Crippen molar-refractivity contribution in [3.63, 3.8) is 0 Å².